The molecule has 1 atom stereocenters. The minimum absolute atomic E-state index is 0.449. The third-order valence-corrected chi connectivity index (χ3v) is 4.33. The van der Waals surface area contributed by atoms with Crippen LogP contribution in [0.25, 0.3) is 5.57 Å². The molecule has 0 spiro atoms. The Morgan fingerprint density at radius 1 is 1.11 bits per heavy atom. The Kier molecular flexibility index (Phi) is 5.02. The van der Waals surface area contributed by atoms with Gasteiger partial charge in [0.15, 0.2) is 0 Å². The van der Waals surface area contributed by atoms with Crippen molar-refractivity contribution < 1.29 is 0 Å². The molecule has 2 aromatic carbocycles. The summed E-state index contributed by atoms with van der Waals surface area (Å²) in [5.74, 6) is 0. The van der Waals surface area contributed by atoms with Crippen molar-refractivity contribution in [2.45, 2.75) is 13.0 Å². The quantitative estimate of drug-likeness (QED) is 0.583. The van der Waals surface area contributed by atoms with Crippen molar-refractivity contribution in [3.8, 4) is 0 Å². The third kappa shape index (κ3) is 3.60. The van der Waals surface area contributed by atoms with Gasteiger partial charge in [-0.15, -0.1) is 0 Å². The van der Waals surface area contributed by atoms with E-state index in [2.05, 4.69) is 77.8 Å². The lowest BCUT2D eigenvalue weighted by molar-refractivity contribution is 0.927. The molecule has 0 bridgehead atoms. The molecule has 0 aliphatic carbocycles. The van der Waals surface area contributed by atoms with Gasteiger partial charge in [-0.3, -0.25) is 0 Å². The molecule has 1 nitrogen and oxygen atoms in total. The number of anilines is 1. The summed E-state index contributed by atoms with van der Waals surface area (Å²) in [6.07, 6.45) is 0. The smallest absolute Gasteiger partial charge is 0.0422 e. The predicted octanol–water partition coefficient (Wildman–Crippen LogP) is 4.98. The maximum absolute atomic E-state index is 4.25. The van der Waals surface area contributed by atoms with Crippen molar-refractivity contribution in [1.29, 1.82) is 0 Å². The summed E-state index contributed by atoms with van der Waals surface area (Å²) in [6, 6.07) is 19.1. The number of rotatable bonds is 5. The van der Waals surface area contributed by atoms with Gasteiger partial charge in [-0.25, -0.2) is 0 Å². The zero-order valence-electron chi connectivity index (χ0n) is 11.1. The van der Waals surface area contributed by atoms with E-state index in [4.69, 9.17) is 0 Å². The first-order chi connectivity index (χ1) is 9.22. The number of nitrogens with one attached hydrogen (secondary N) is 1. The minimum Gasteiger partial charge on any atom is -0.381 e. The zero-order chi connectivity index (χ0) is 13.7. The van der Waals surface area contributed by atoms with E-state index >= 15 is 0 Å². The predicted molar refractivity (Wildman–Crippen MR) is 93.0 cm³/mol. The first-order valence-electron chi connectivity index (χ1n) is 6.38. The van der Waals surface area contributed by atoms with Crippen LogP contribution in [0.15, 0.2) is 61.2 Å². The fraction of sp³-hybridized carbons (Fsp3) is 0.176. The first-order valence-corrected chi connectivity index (χ1v) is 7.91. The average Bonchev–Trinajstić information content (AvgIpc) is 2.48. The number of hydrogen-bond acceptors (Lipinski definition) is 1. The highest BCUT2D eigenvalue weighted by Gasteiger charge is 2.09. The Hall–Kier alpha value is -1.29. The van der Waals surface area contributed by atoms with Gasteiger partial charge in [0, 0.05) is 21.7 Å². The lowest BCUT2D eigenvalue weighted by atomic mass is 9.98. The summed E-state index contributed by atoms with van der Waals surface area (Å²) in [7, 11) is 0. The van der Waals surface area contributed by atoms with Gasteiger partial charge in [0.05, 0.1) is 0 Å². The van der Waals surface area contributed by atoms with E-state index in [-0.39, 0.29) is 0 Å². The molecule has 0 saturated heterocycles. The van der Waals surface area contributed by atoms with E-state index in [1.54, 1.807) is 0 Å². The summed E-state index contributed by atoms with van der Waals surface area (Å²) in [4.78, 5) is 0. The van der Waals surface area contributed by atoms with E-state index in [0.717, 1.165) is 15.7 Å². The third-order valence-electron chi connectivity index (χ3n) is 3.01. The van der Waals surface area contributed by atoms with Crippen molar-refractivity contribution in [3.05, 3.63) is 72.3 Å². The highest BCUT2D eigenvalue weighted by atomic mass is 127. The first kappa shape index (κ1) is 14.1. The van der Waals surface area contributed by atoms with E-state index in [1.165, 1.54) is 11.1 Å². The van der Waals surface area contributed by atoms with Crippen molar-refractivity contribution in [3.63, 3.8) is 0 Å². The van der Waals surface area contributed by atoms with E-state index in [1.807, 2.05) is 18.2 Å². The SMILES string of the molecule is C=C(c1ccccc1)c1ccccc1NC(C)CI. The Bertz CT molecular complexity index is 548. The summed E-state index contributed by atoms with van der Waals surface area (Å²) in [5, 5.41) is 3.54. The van der Waals surface area contributed by atoms with Gasteiger partial charge in [-0.2, -0.15) is 0 Å². The number of benzene rings is 2. The molecular weight excluding hydrogens is 345 g/mol. The Labute approximate surface area is 128 Å². The number of halogens is 1. The van der Waals surface area contributed by atoms with E-state index < -0.39 is 0 Å². The molecule has 19 heavy (non-hydrogen) atoms. The van der Waals surface area contributed by atoms with E-state index in [9.17, 15) is 0 Å². The summed E-state index contributed by atoms with van der Waals surface area (Å²) >= 11 is 2.40. The van der Waals surface area contributed by atoms with Crippen molar-refractivity contribution >= 4 is 33.9 Å². The van der Waals surface area contributed by atoms with Crippen LogP contribution in [0.4, 0.5) is 5.69 Å². The van der Waals surface area contributed by atoms with E-state index in [0.29, 0.717) is 6.04 Å². The highest BCUT2D eigenvalue weighted by Crippen LogP contribution is 2.28. The molecule has 1 N–H and O–H groups in total. The second-order valence-corrected chi connectivity index (χ2v) is 5.47. The monoisotopic (exact) mass is 363 g/mol. The van der Waals surface area contributed by atoms with Crippen molar-refractivity contribution in [2.75, 3.05) is 9.74 Å². The second kappa shape index (κ2) is 6.75. The fourth-order valence-corrected chi connectivity index (χ4v) is 2.19. The molecule has 2 aromatic rings. The van der Waals surface area contributed by atoms with Crippen LogP contribution in [-0.4, -0.2) is 10.5 Å². The molecule has 98 valence electrons. The molecule has 2 rings (SSSR count). The summed E-state index contributed by atoms with van der Waals surface area (Å²) in [5.41, 5.74) is 4.55. The van der Waals surface area contributed by atoms with Gasteiger partial charge in [0.2, 0.25) is 0 Å². The Morgan fingerprint density at radius 3 is 2.42 bits per heavy atom. The highest BCUT2D eigenvalue weighted by molar-refractivity contribution is 14.1. The number of para-hydroxylation sites is 1. The average molecular weight is 363 g/mol. The van der Waals surface area contributed by atoms with Crippen LogP contribution in [0.5, 0.6) is 0 Å². The van der Waals surface area contributed by atoms with Crippen molar-refractivity contribution in [1.82, 2.24) is 0 Å². The molecule has 2 heteroatoms. The van der Waals surface area contributed by atoms with Crippen LogP contribution in [-0.2, 0) is 0 Å². The van der Waals surface area contributed by atoms with Gasteiger partial charge in [-0.05, 0) is 24.1 Å². The van der Waals surface area contributed by atoms with Crippen molar-refractivity contribution in [2.24, 2.45) is 0 Å². The molecule has 0 amide bonds. The van der Waals surface area contributed by atoms with Gasteiger partial charge in [0.1, 0.15) is 0 Å². The van der Waals surface area contributed by atoms with Crippen LogP contribution in [0, 0.1) is 0 Å². The second-order valence-electron chi connectivity index (χ2n) is 4.59. The molecule has 0 aliphatic heterocycles. The maximum Gasteiger partial charge on any atom is 0.0422 e. The molecular formula is C17H18IN. The normalized spacial score (nSPS) is 11.9. The van der Waals surface area contributed by atoms with Crippen LogP contribution >= 0.6 is 22.6 Å². The van der Waals surface area contributed by atoms with Crippen LogP contribution < -0.4 is 5.32 Å². The van der Waals surface area contributed by atoms with Crippen LogP contribution in [0.1, 0.15) is 18.1 Å². The standard InChI is InChI=1S/C17H18IN/c1-13(12-18)19-17-11-7-6-10-16(17)14(2)15-8-4-3-5-9-15/h3-11,13,19H,2,12H2,1H3. The Balaban J connectivity index is 2.32. The summed E-state index contributed by atoms with van der Waals surface area (Å²) < 4.78 is 1.07. The van der Waals surface area contributed by atoms with Gasteiger partial charge in [-0.1, -0.05) is 77.7 Å². The molecule has 0 aromatic heterocycles. The molecule has 0 radical (unpaired) electrons. The minimum atomic E-state index is 0.449. The van der Waals surface area contributed by atoms with Crippen LogP contribution in [0.3, 0.4) is 0 Å². The number of alkyl halides is 1. The van der Waals surface area contributed by atoms with Gasteiger partial charge < -0.3 is 5.32 Å². The molecule has 0 fully saturated rings. The zero-order valence-corrected chi connectivity index (χ0v) is 13.2. The maximum atomic E-state index is 4.25. The fourth-order valence-electron chi connectivity index (χ4n) is 1.97. The lowest BCUT2D eigenvalue weighted by Crippen LogP contribution is -2.17. The molecule has 0 saturated carbocycles. The molecule has 1 unspecified atom stereocenters. The van der Waals surface area contributed by atoms with Crippen LogP contribution in [0.2, 0.25) is 0 Å². The Morgan fingerprint density at radius 2 is 1.74 bits per heavy atom. The van der Waals surface area contributed by atoms with Gasteiger partial charge in [0.25, 0.3) is 0 Å². The largest absolute Gasteiger partial charge is 0.381 e. The lowest BCUT2D eigenvalue weighted by Gasteiger charge is -2.17. The van der Waals surface area contributed by atoms with Gasteiger partial charge >= 0.3 is 0 Å². The topological polar surface area (TPSA) is 12.0 Å². The molecule has 0 heterocycles. The number of hydrogen-bond donors (Lipinski definition) is 1. The molecule has 0 aliphatic rings. The summed E-state index contributed by atoms with van der Waals surface area (Å²) in [6.45, 7) is 6.44.